The van der Waals surface area contributed by atoms with Crippen molar-refractivity contribution in [3.8, 4) is 0 Å². The summed E-state index contributed by atoms with van der Waals surface area (Å²) in [5, 5.41) is 17.2. The van der Waals surface area contributed by atoms with Gasteiger partial charge < -0.3 is 25.0 Å². The van der Waals surface area contributed by atoms with Gasteiger partial charge in [-0.1, -0.05) is 5.16 Å². The van der Waals surface area contributed by atoms with Gasteiger partial charge in [0.15, 0.2) is 5.60 Å². The molecular weight excluding hydrogens is 460 g/mol. The van der Waals surface area contributed by atoms with Gasteiger partial charge in [0, 0.05) is 31.3 Å². The summed E-state index contributed by atoms with van der Waals surface area (Å²) >= 11 is 6.70. The summed E-state index contributed by atoms with van der Waals surface area (Å²) in [6.45, 7) is 0.437. The fraction of sp³-hybridized carbons (Fsp3) is 0.400. The molecule has 8 nitrogen and oxygen atoms in total. The van der Waals surface area contributed by atoms with E-state index in [2.05, 4.69) is 52.3 Å². The number of nitrogens with zero attached hydrogens (tertiary/aromatic N) is 2. The van der Waals surface area contributed by atoms with Crippen molar-refractivity contribution in [2.24, 2.45) is 5.16 Å². The van der Waals surface area contributed by atoms with Crippen molar-refractivity contribution in [1.29, 1.82) is 0 Å². The van der Waals surface area contributed by atoms with Crippen molar-refractivity contribution >= 4 is 43.5 Å². The molecule has 25 heavy (non-hydrogen) atoms. The van der Waals surface area contributed by atoms with E-state index in [1.54, 1.807) is 18.6 Å². The molecule has 1 aliphatic heterocycles. The van der Waals surface area contributed by atoms with Gasteiger partial charge >= 0.3 is 0 Å². The van der Waals surface area contributed by atoms with E-state index in [9.17, 15) is 9.90 Å². The minimum absolute atomic E-state index is 0.144. The Morgan fingerprint density at radius 2 is 2.40 bits per heavy atom. The van der Waals surface area contributed by atoms with Gasteiger partial charge in [-0.2, -0.15) is 0 Å². The second-order valence-corrected chi connectivity index (χ2v) is 7.33. The number of allylic oxidation sites excluding steroid dienone is 1. The summed E-state index contributed by atoms with van der Waals surface area (Å²) in [4.78, 5) is 24.6. The average molecular weight is 476 g/mol. The van der Waals surface area contributed by atoms with Crippen LogP contribution in [-0.2, 0) is 20.8 Å². The van der Waals surface area contributed by atoms with Gasteiger partial charge in [-0.05, 0) is 37.9 Å². The maximum Gasteiger partial charge on any atom is 0.269 e. The van der Waals surface area contributed by atoms with Crippen LogP contribution in [0.2, 0.25) is 0 Å². The van der Waals surface area contributed by atoms with Gasteiger partial charge in [-0.15, -0.1) is 0 Å². The number of methoxy groups -OCH3 is 1. The summed E-state index contributed by atoms with van der Waals surface area (Å²) in [5.41, 5.74) is 0.00827. The van der Waals surface area contributed by atoms with Gasteiger partial charge in [-0.3, -0.25) is 4.79 Å². The Morgan fingerprint density at radius 3 is 3.08 bits per heavy atom. The molecule has 2 aliphatic rings. The molecule has 2 heterocycles. The molecule has 3 N–H and O–H groups in total. The van der Waals surface area contributed by atoms with Crippen LogP contribution in [-0.4, -0.2) is 52.1 Å². The number of oxime groups is 1. The van der Waals surface area contributed by atoms with Crippen molar-refractivity contribution in [3.05, 3.63) is 39.0 Å². The molecule has 0 saturated heterocycles. The first-order chi connectivity index (χ1) is 12.0. The van der Waals surface area contributed by atoms with Crippen molar-refractivity contribution in [2.75, 3.05) is 13.7 Å². The number of hydrogen-bond acceptors (Lipinski definition) is 6. The van der Waals surface area contributed by atoms with E-state index in [1.165, 1.54) is 7.11 Å². The van der Waals surface area contributed by atoms with Crippen molar-refractivity contribution < 1.29 is 19.5 Å². The SMILES string of the molecule is COC1=C(Br)[C@@H](O)[C@]2(C=C1Br)CC(C(=O)NCCc1cnc[nH]1)=NO2. The molecule has 0 unspecified atom stereocenters. The van der Waals surface area contributed by atoms with Gasteiger partial charge in [0.2, 0.25) is 0 Å². The Labute approximate surface area is 160 Å². The highest BCUT2D eigenvalue weighted by Crippen LogP contribution is 2.43. The summed E-state index contributed by atoms with van der Waals surface area (Å²) in [5.74, 6) is 0.143. The Morgan fingerprint density at radius 1 is 1.60 bits per heavy atom. The summed E-state index contributed by atoms with van der Waals surface area (Å²) in [6, 6.07) is 0. The molecule has 3 rings (SSSR count). The monoisotopic (exact) mass is 474 g/mol. The van der Waals surface area contributed by atoms with Crippen LogP contribution in [0.15, 0.2) is 38.5 Å². The minimum atomic E-state index is -1.14. The fourth-order valence-electron chi connectivity index (χ4n) is 2.65. The smallest absolute Gasteiger partial charge is 0.269 e. The second-order valence-electron chi connectivity index (χ2n) is 5.62. The number of carbonyl (C=O) groups is 1. The Balaban J connectivity index is 1.62. The number of imidazole rings is 1. The average Bonchev–Trinajstić information content (AvgIpc) is 3.24. The number of rotatable bonds is 5. The van der Waals surface area contributed by atoms with Crippen molar-refractivity contribution in [1.82, 2.24) is 15.3 Å². The predicted molar refractivity (Wildman–Crippen MR) is 97.1 cm³/mol. The van der Waals surface area contributed by atoms with Crippen LogP contribution in [0.25, 0.3) is 0 Å². The number of nitrogens with one attached hydrogen (secondary N) is 2. The van der Waals surface area contributed by atoms with Crippen LogP contribution in [0.3, 0.4) is 0 Å². The summed E-state index contributed by atoms with van der Waals surface area (Å²) < 4.78 is 6.27. The van der Waals surface area contributed by atoms with Gasteiger partial charge in [0.05, 0.1) is 22.4 Å². The molecule has 10 heteroatoms. The number of aliphatic hydroxyl groups is 1. The predicted octanol–water partition coefficient (Wildman–Crippen LogP) is 1.49. The molecule has 0 fully saturated rings. The maximum absolute atomic E-state index is 12.3. The van der Waals surface area contributed by atoms with Crippen LogP contribution in [0, 0.1) is 0 Å². The van der Waals surface area contributed by atoms with Crippen LogP contribution >= 0.6 is 31.9 Å². The maximum atomic E-state index is 12.3. The normalized spacial score (nSPS) is 25.5. The zero-order chi connectivity index (χ0) is 18.0. The van der Waals surface area contributed by atoms with E-state index in [0.717, 1.165) is 5.69 Å². The quantitative estimate of drug-likeness (QED) is 0.597. The Bertz CT molecular complexity index is 760. The van der Waals surface area contributed by atoms with E-state index < -0.39 is 11.7 Å². The number of aromatic amines is 1. The first kappa shape index (κ1) is 18.2. The molecule has 0 bridgehead atoms. The van der Waals surface area contributed by atoms with Gasteiger partial charge in [-0.25, -0.2) is 4.98 Å². The molecule has 0 aromatic carbocycles. The highest BCUT2D eigenvalue weighted by molar-refractivity contribution is 9.12. The molecule has 1 aromatic rings. The third kappa shape index (κ3) is 3.51. The molecule has 1 aliphatic carbocycles. The topological polar surface area (TPSA) is 109 Å². The molecule has 0 radical (unpaired) electrons. The molecule has 1 spiro atoms. The number of halogens is 2. The standard InChI is InChI=1S/C15H16Br2N4O4/c1-24-12-9(16)4-15(13(22)11(12)17)5-10(21-25-15)14(23)19-3-2-8-6-18-7-20-8/h4,6-7,13,22H,2-3,5H2,1H3,(H,18,20)(H,19,23)/t13-,15+/m1/s1. The highest BCUT2D eigenvalue weighted by Gasteiger charge is 2.50. The van der Waals surface area contributed by atoms with Gasteiger partial charge in [0.25, 0.3) is 5.91 Å². The summed E-state index contributed by atoms with van der Waals surface area (Å²) in [6.07, 6.45) is 4.69. The third-order valence-electron chi connectivity index (χ3n) is 3.98. The third-order valence-corrected chi connectivity index (χ3v) is 5.36. The van der Waals surface area contributed by atoms with Gasteiger partial charge in [0.1, 0.15) is 17.6 Å². The number of H-pyrrole nitrogens is 1. The molecule has 1 aromatic heterocycles. The molecular formula is C15H16Br2N4O4. The zero-order valence-electron chi connectivity index (χ0n) is 13.3. The first-order valence-electron chi connectivity index (χ1n) is 7.48. The Hall–Kier alpha value is -1.65. The number of carbonyl (C=O) groups excluding carboxylic acids is 1. The fourth-order valence-corrected chi connectivity index (χ4v) is 4.44. The second kappa shape index (κ2) is 7.30. The number of ether oxygens (including phenoxy) is 1. The van der Waals surface area contributed by atoms with Crippen LogP contribution in [0.5, 0.6) is 0 Å². The van der Waals surface area contributed by atoms with E-state index in [-0.39, 0.29) is 18.0 Å². The van der Waals surface area contributed by atoms with Crippen LogP contribution in [0.1, 0.15) is 12.1 Å². The summed E-state index contributed by atoms with van der Waals surface area (Å²) in [7, 11) is 1.50. The lowest BCUT2D eigenvalue weighted by Crippen LogP contribution is -2.45. The van der Waals surface area contributed by atoms with E-state index >= 15 is 0 Å². The van der Waals surface area contributed by atoms with Crippen LogP contribution in [0.4, 0.5) is 0 Å². The lowest BCUT2D eigenvalue weighted by molar-refractivity contribution is -0.114. The molecule has 0 saturated carbocycles. The molecule has 2 atom stereocenters. The van der Waals surface area contributed by atoms with E-state index in [4.69, 9.17) is 9.57 Å². The zero-order valence-corrected chi connectivity index (χ0v) is 16.4. The number of aliphatic hydroxyl groups excluding tert-OH is 1. The molecule has 134 valence electrons. The van der Waals surface area contributed by atoms with E-state index in [1.807, 2.05) is 0 Å². The first-order valence-corrected chi connectivity index (χ1v) is 9.06. The van der Waals surface area contributed by atoms with Crippen molar-refractivity contribution in [2.45, 2.75) is 24.5 Å². The highest BCUT2D eigenvalue weighted by atomic mass is 79.9. The number of amides is 1. The largest absolute Gasteiger partial charge is 0.495 e. The Kier molecular flexibility index (Phi) is 5.30. The lowest BCUT2D eigenvalue weighted by atomic mass is 9.87. The number of aromatic nitrogens is 2. The molecule has 1 amide bonds. The lowest BCUT2D eigenvalue weighted by Gasteiger charge is -2.33. The van der Waals surface area contributed by atoms with E-state index in [0.29, 0.717) is 27.7 Å². The van der Waals surface area contributed by atoms with Crippen molar-refractivity contribution in [3.63, 3.8) is 0 Å². The van der Waals surface area contributed by atoms with Crippen LogP contribution < -0.4 is 5.32 Å². The minimum Gasteiger partial charge on any atom is -0.495 e. The number of hydrogen-bond donors (Lipinski definition) is 3.